The molecule has 1 amide bonds. The summed E-state index contributed by atoms with van der Waals surface area (Å²) >= 11 is 0. The fourth-order valence-electron chi connectivity index (χ4n) is 4.53. The summed E-state index contributed by atoms with van der Waals surface area (Å²) in [6.45, 7) is 4.00. The van der Waals surface area contributed by atoms with E-state index in [0.717, 1.165) is 22.1 Å². The van der Waals surface area contributed by atoms with E-state index >= 15 is 0 Å². The monoisotopic (exact) mass is 527 g/mol. The number of allylic oxidation sites excluding steroid dienone is 1. The number of furan rings is 1. The van der Waals surface area contributed by atoms with E-state index in [1.807, 2.05) is 37.3 Å². The molecule has 0 saturated heterocycles. The van der Waals surface area contributed by atoms with Gasteiger partial charge < -0.3 is 33.8 Å². The number of benzene rings is 2. The molecule has 38 heavy (non-hydrogen) atoms. The summed E-state index contributed by atoms with van der Waals surface area (Å²) in [6.07, 6.45) is 3.48. The number of aliphatic hydroxyl groups excluding tert-OH is 1. The number of aliphatic hydroxyl groups is 1. The second-order valence-electron chi connectivity index (χ2n) is 8.90. The van der Waals surface area contributed by atoms with Crippen LogP contribution in [0.15, 0.2) is 71.0 Å². The molecule has 8 nitrogen and oxygen atoms in total. The van der Waals surface area contributed by atoms with Crippen LogP contribution in [0.3, 0.4) is 0 Å². The number of hydrogen-bond donors (Lipinski definition) is 2. The average molecular weight is 528 g/mol. The van der Waals surface area contributed by atoms with Crippen molar-refractivity contribution >= 4 is 16.9 Å². The lowest BCUT2D eigenvalue weighted by Gasteiger charge is -2.36. The lowest BCUT2D eigenvalue weighted by Crippen LogP contribution is -2.39. The normalized spacial score (nSPS) is 19.2. The van der Waals surface area contributed by atoms with Gasteiger partial charge in [-0.2, -0.15) is 0 Å². The zero-order chi connectivity index (χ0) is 26.7. The lowest BCUT2D eigenvalue weighted by molar-refractivity contribution is -0.168. The van der Waals surface area contributed by atoms with Crippen LogP contribution in [0.5, 0.6) is 0 Å². The van der Waals surface area contributed by atoms with E-state index in [0.29, 0.717) is 32.8 Å². The van der Waals surface area contributed by atoms with E-state index in [9.17, 15) is 9.18 Å². The minimum absolute atomic E-state index is 0.0259. The van der Waals surface area contributed by atoms with Crippen LogP contribution < -0.4 is 5.32 Å². The van der Waals surface area contributed by atoms with E-state index in [-0.39, 0.29) is 49.1 Å². The fraction of sp³-hybridized carbons (Fsp3) is 0.414. The Hall–Kier alpha value is -3.24. The van der Waals surface area contributed by atoms with Crippen molar-refractivity contribution in [2.75, 3.05) is 39.6 Å². The molecule has 9 heteroatoms. The molecule has 3 aromatic rings. The second-order valence-corrected chi connectivity index (χ2v) is 8.90. The van der Waals surface area contributed by atoms with E-state index in [4.69, 9.17) is 28.5 Å². The third kappa shape index (κ3) is 7.20. The largest absolute Gasteiger partial charge is 0.464 e. The molecular weight excluding hydrogens is 493 g/mol. The summed E-state index contributed by atoms with van der Waals surface area (Å²) in [5.41, 5.74) is 2.47. The molecule has 2 heterocycles. The van der Waals surface area contributed by atoms with Crippen molar-refractivity contribution in [2.24, 2.45) is 5.92 Å². The van der Waals surface area contributed by atoms with Gasteiger partial charge in [-0.25, -0.2) is 4.39 Å². The third-order valence-electron chi connectivity index (χ3n) is 6.38. The first-order valence-corrected chi connectivity index (χ1v) is 12.9. The molecule has 2 N–H and O–H groups in total. The van der Waals surface area contributed by atoms with Crippen molar-refractivity contribution in [1.29, 1.82) is 0 Å². The highest BCUT2D eigenvalue weighted by Gasteiger charge is 2.39. The maximum absolute atomic E-state index is 13.2. The standard InChI is InChI=1S/C29H34FNO7/c1-2-36-29-23(11-13-34-15-16-35-14-12-32)24(25-19-37-26-6-4-3-5-22(25)26)17-27(38-29)28(33)31-18-20-7-9-21(30)10-8-20/h3-10,17,19,23-24,29,32H,2,11-16,18H2,1H3,(H,31,33)/t23-,24-,29+/m0/s1. The topological polar surface area (TPSA) is 99.4 Å². The van der Waals surface area contributed by atoms with Crippen molar-refractivity contribution in [3.05, 3.63) is 83.6 Å². The molecular formula is C29H34FNO7. The van der Waals surface area contributed by atoms with Crippen molar-refractivity contribution < 1.29 is 37.7 Å². The second kappa shape index (κ2) is 14.1. The molecule has 0 radical (unpaired) electrons. The Bertz CT molecular complexity index is 1190. The van der Waals surface area contributed by atoms with E-state index in [2.05, 4.69) is 5.32 Å². The number of rotatable bonds is 14. The van der Waals surface area contributed by atoms with Crippen LogP contribution in [0, 0.1) is 11.7 Å². The number of para-hydroxylation sites is 1. The summed E-state index contributed by atoms with van der Waals surface area (Å²) in [5, 5.41) is 12.6. The van der Waals surface area contributed by atoms with Gasteiger partial charge in [0.1, 0.15) is 11.4 Å². The van der Waals surface area contributed by atoms with Gasteiger partial charge in [-0.05, 0) is 43.2 Å². The van der Waals surface area contributed by atoms with Crippen LogP contribution in [0.2, 0.25) is 0 Å². The van der Waals surface area contributed by atoms with Crippen LogP contribution in [0.4, 0.5) is 4.39 Å². The van der Waals surface area contributed by atoms with Gasteiger partial charge in [0.05, 0.1) is 32.7 Å². The Labute approximate surface area is 221 Å². The van der Waals surface area contributed by atoms with Crippen molar-refractivity contribution in [2.45, 2.75) is 32.1 Å². The lowest BCUT2D eigenvalue weighted by atomic mass is 9.81. The van der Waals surface area contributed by atoms with Crippen LogP contribution in [0.25, 0.3) is 11.0 Å². The number of halogens is 1. The first-order valence-electron chi connectivity index (χ1n) is 12.9. The van der Waals surface area contributed by atoms with Gasteiger partial charge in [-0.1, -0.05) is 30.3 Å². The van der Waals surface area contributed by atoms with E-state index < -0.39 is 6.29 Å². The molecule has 0 unspecified atom stereocenters. The summed E-state index contributed by atoms with van der Waals surface area (Å²) in [6, 6.07) is 13.7. The number of fused-ring (bicyclic) bond motifs is 1. The number of hydrogen-bond acceptors (Lipinski definition) is 7. The Balaban J connectivity index is 1.54. The molecule has 1 aliphatic rings. The number of amides is 1. The SMILES string of the molecule is CCO[C@@H]1OC(C(=O)NCc2ccc(F)cc2)=C[C@H](c2coc3ccccc23)[C@@H]1CCOCCOCCO. The maximum Gasteiger partial charge on any atom is 0.286 e. The predicted octanol–water partition coefficient (Wildman–Crippen LogP) is 4.28. The highest BCUT2D eigenvalue weighted by atomic mass is 19.1. The summed E-state index contributed by atoms with van der Waals surface area (Å²) < 4.78 is 42.1. The van der Waals surface area contributed by atoms with E-state index in [1.165, 1.54) is 12.1 Å². The van der Waals surface area contributed by atoms with Gasteiger partial charge in [0.2, 0.25) is 6.29 Å². The number of carbonyl (C=O) groups is 1. The number of carbonyl (C=O) groups excluding carboxylic acids is 1. The summed E-state index contributed by atoms with van der Waals surface area (Å²) in [7, 11) is 0. The van der Waals surface area contributed by atoms with Crippen LogP contribution >= 0.6 is 0 Å². The first kappa shape index (κ1) is 27.8. The molecule has 3 atom stereocenters. The van der Waals surface area contributed by atoms with Gasteiger partial charge in [0.25, 0.3) is 5.91 Å². The minimum Gasteiger partial charge on any atom is -0.464 e. The van der Waals surface area contributed by atoms with Crippen molar-refractivity contribution in [1.82, 2.24) is 5.32 Å². The van der Waals surface area contributed by atoms with Gasteiger partial charge >= 0.3 is 0 Å². The van der Waals surface area contributed by atoms with Gasteiger partial charge in [-0.3, -0.25) is 4.79 Å². The molecule has 4 rings (SSSR count). The molecule has 1 aliphatic heterocycles. The highest BCUT2D eigenvalue weighted by Crippen LogP contribution is 2.42. The van der Waals surface area contributed by atoms with Crippen molar-refractivity contribution in [3.63, 3.8) is 0 Å². The third-order valence-corrected chi connectivity index (χ3v) is 6.38. The van der Waals surface area contributed by atoms with Gasteiger partial charge in [0.15, 0.2) is 5.76 Å². The molecule has 1 aromatic heterocycles. The van der Waals surface area contributed by atoms with Crippen LogP contribution in [-0.4, -0.2) is 56.9 Å². The molecule has 204 valence electrons. The summed E-state index contributed by atoms with van der Waals surface area (Å²) in [4.78, 5) is 13.1. The molecule has 2 aromatic carbocycles. The molecule has 0 aliphatic carbocycles. The Morgan fingerprint density at radius 3 is 2.58 bits per heavy atom. The van der Waals surface area contributed by atoms with Crippen LogP contribution in [-0.2, 0) is 30.3 Å². The quantitative estimate of drug-likeness (QED) is 0.302. The zero-order valence-electron chi connectivity index (χ0n) is 21.4. The molecule has 0 fully saturated rings. The van der Waals surface area contributed by atoms with Crippen molar-refractivity contribution in [3.8, 4) is 0 Å². The molecule has 0 saturated carbocycles. The Morgan fingerprint density at radius 1 is 1.05 bits per heavy atom. The highest BCUT2D eigenvalue weighted by molar-refractivity contribution is 5.92. The Kier molecular flexibility index (Phi) is 10.3. The Morgan fingerprint density at radius 2 is 1.82 bits per heavy atom. The molecule has 0 bridgehead atoms. The first-order chi connectivity index (χ1) is 18.6. The van der Waals surface area contributed by atoms with E-state index in [1.54, 1.807) is 18.4 Å². The number of ether oxygens (including phenoxy) is 4. The average Bonchev–Trinajstić information content (AvgIpc) is 3.36. The maximum atomic E-state index is 13.2. The number of nitrogens with one attached hydrogen (secondary N) is 1. The molecule has 0 spiro atoms. The van der Waals surface area contributed by atoms with Gasteiger partial charge in [0, 0.05) is 42.5 Å². The van der Waals surface area contributed by atoms with Crippen LogP contribution in [0.1, 0.15) is 30.4 Å². The minimum atomic E-state index is -0.676. The zero-order valence-corrected chi connectivity index (χ0v) is 21.4. The smallest absolute Gasteiger partial charge is 0.286 e. The predicted molar refractivity (Wildman–Crippen MR) is 139 cm³/mol. The van der Waals surface area contributed by atoms with Gasteiger partial charge in [-0.15, -0.1) is 0 Å². The fourth-order valence-corrected chi connectivity index (χ4v) is 4.53. The summed E-state index contributed by atoms with van der Waals surface area (Å²) in [5.74, 6) is -0.934.